The van der Waals surface area contributed by atoms with Gasteiger partial charge >= 0.3 is 14.2 Å². The number of hydrogen-bond donors (Lipinski definition) is 1. The zero-order chi connectivity index (χ0) is 8.39. The summed E-state index contributed by atoms with van der Waals surface area (Å²) in [4.78, 5) is 0. The van der Waals surface area contributed by atoms with E-state index in [9.17, 15) is 0 Å². The minimum atomic E-state index is -0.813. The zero-order valence-corrected chi connectivity index (χ0v) is 6.27. The maximum atomic E-state index is 8.42. The van der Waals surface area contributed by atoms with Crippen LogP contribution in [0.5, 0.6) is 11.5 Å². The molecule has 0 aromatic heterocycles. The van der Waals surface area contributed by atoms with E-state index in [0.29, 0.717) is 11.5 Å². The van der Waals surface area contributed by atoms with E-state index in [1.807, 2.05) is 12.1 Å². The van der Waals surface area contributed by atoms with Gasteiger partial charge in [-0.1, -0.05) is 12.1 Å². The normalized spacial score (nSPS) is 14.8. The summed E-state index contributed by atoms with van der Waals surface area (Å²) >= 11 is 0. The fourth-order valence-electron chi connectivity index (χ4n) is 1.01. The third-order valence-electron chi connectivity index (χ3n) is 1.51. The van der Waals surface area contributed by atoms with E-state index < -0.39 is 14.2 Å². The molecular formula is C7H7BO4. The van der Waals surface area contributed by atoms with E-state index in [1.165, 1.54) is 0 Å². The molecule has 0 atom stereocenters. The van der Waals surface area contributed by atoms with Crippen LogP contribution in [0.4, 0.5) is 0 Å². The molecule has 1 aromatic carbocycles. The number of rotatable bonds is 2. The molecule has 12 heavy (non-hydrogen) atoms. The van der Waals surface area contributed by atoms with Gasteiger partial charge in [0.25, 0.3) is 0 Å². The molecule has 0 unspecified atom stereocenters. The Morgan fingerprint density at radius 1 is 1.25 bits per heavy atom. The van der Waals surface area contributed by atoms with Crippen molar-refractivity contribution >= 4 is 7.69 Å². The average molecular weight is 166 g/mol. The third kappa shape index (κ3) is 1.24. The van der Waals surface area contributed by atoms with E-state index in [2.05, 4.69) is 0 Å². The van der Waals surface area contributed by atoms with Crippen molar-refractivity contribution in [2.45, 2.75) is 6.48 Å². The molecule has 0 aliphatic carbocycles. The van der Waals surface area contributed by atoms with Gasteiger partial charge in [0.15, 0.2) is 11.5 Å². The van der Waals surface area contributed by atoms with E-state index in [1.54, 1.807) is 12.1 Å². The van der Waals surface area contributed by atoms with E-state index in [4.69, 9.17) is 19.2 Å². The first-order valence-electron chi connectivity index (χ1n) is 3.55. The van der Waals surface area contributed by atoms with Crippen LogP contribution in [-0.2, 0) is 4.65 Å². The summed E-state index contributed by atoms with van der Waals surface area (Å²) in [6.07, 6.45) is 0. The molecule has 1 aliphatic heterocycles. The Balaban J connectivity index is 2.11. The number of benzene rings is 1. The highest BCUT2D eigenvalue weighted by atomic mass is 16.9. The van der Waals surface area contributed by atoms with E-state index >= 15 is 0 Å². The van der Waals surface area contributed by atoms with Crippen LogP contribution < -0.4 is 9.47 Å². The summed E-state index contributed by atoms with van der Waals surface area (Å²) in [5.41, 5.74) is 0. The van der Waals surface area contributed by atoms with Gasteiger partial charge in [-0.3, -0.25) is 0 Å². The highest BCUT2D eigenvalue weighted by Crippen LogP contribution is 2.33. The Hall–Kier alpha value is -1.20. The Kier molecular flexibility index (Phi) is 1.89. The van der Waals surface area contributed by atoms with Gasteiger partial charge < -0.3 is 19.2 Å². The number of ether oxygens (including phenoxy) is 2. The average Bonchev–Trinajstić information content (AvgIpc) is 2.47. The lowest BCUT2D eigenvalue weighted by molar-refractivity contribution is -0.118. The fraction of sp³-hybridized carbons (Fsp3) is 0.143. The smallest absolute Gasteiger partial charge is 0.430 e. The SMILES string of the molecule is OBOC1Oc2ccccc2O1. The lowest BCUT2D eigenvalue weighted by Gasteiger charge is -2.07. The van der Waals surface area contributed by atoms with Crippen LogP contribution in [-0.4, -0.2) is 19.2 Å². The third-order valence-corrected chi connectivity index (χ3v) is 1.51. The second-order valence-electron chi connectivity index (χ2n) is 2.27. The van der Waals surface area contributed by atoms with E-state index in [0.717, 1.165) is 0 Å². The minimum Gasteiger partial charge on any atom is -0.430 e. The van der Waals surface area contributed by atoms with E-state index in [-0.39, 0.29) is 0 Å². The van der Waals surface area contributed by atoms with Gasteiger partial charge in [-0.2, -0.15) is 0 Å². The molecule has 0 saturated carbocycles. The predicted molar refractivity (Wildman–Crippen MR) is 41.9 cm³/mol. The summed E-state index contributed by atoms with van der Waals surface area (Å²) < 4.78 is 15.0. The van der Waals surface area contributed by atoms with Crippen LogP contribution in [0.15, 0.2) is 24.3 Å². The summed E-state index contributed by atoms with van der Waals surface area (Å²) in [7, 11) is -0.418. The predicted octanol–water partition coefficient (Wildman–Crippen LogP) is 0.0168. The molecule has 1 heterocycles. The van der Waals surface area contributed by atoms with Crippen molar-refractivity contribution in [2.24, 2.45) is 0 Å². The molecule has 4 nitrogen and oxygen atoms in total. The van der Waals surface area contributed by atoms with Gasteiger partial charge in [-0.05, 0) is 12.1 Å². The first-order valence-corrected chi connectivity index (χ1v) is 3.55. The molecule has 0 saturated heterocycles. The maximum Gasteiger partial charge on any atom is 0.440 e. The molecule has 0 radical (unpaired) electrons. The molecule has 2 rings (SSSR count). The Morgan fingerprint density at radius 3 is 2.33 bits per heavy atom. The topological polar surface area (TPSA) is 47.9 Å². The van der Waals surface area contributed by atoms with Crippen molar-refractivity contribution in [3.8, 4) is 11.5 Å². The van der Waals surface area contributed by atoms with Gasteiger partial charge in [0.05, 0.1) is 0 Å². The lowest BCUT2D eigenvalue weighted by atomic mass is 10.3. The summed E-state index contributed by atoms with van der Waals surface area (Å²) in [6.45, 7) is -0.813. The Labute approximate surface area is 70.0 Å². The lowest BCUT2D eigenvalue weighted by Crippen LogP contribution is -2.23. The number of fused-ring (bicyclic) bond motifs is 1. The van der Waals surface area contributed by atoms with Gasteiger partial charge in [-0.15, -0.1) is 0 Å². The van der Waals surface area contributed by atoms with Gasteiger partial charge in [0.2, 0.25) is 0 Å². The summed E-state index contributed by atoms with van der Waals surface area (Å²) in [5, 5.41) is 8.42. The Morgan fingerprint density at radius 2 is 1.83 bits per heavy atom. The molecule has 0 bridgehead atoms. The molecular weight excluding hydrogens is 159 g/mol. The van der Waals surface area contributed by atoms with Gasteiger partial charge in [-0.25, -0.2) is 0 Å². The highest BCUT2D eigenvalue weighted by molar-refractivity contribution is 6.15. The monoisotopic (exact) mass is 166 g/mol. The van der Waals surface area contributed by atoms with Crippen LogP contribution in [0.25, 0.3) is 0 Å². The molecule has 0 amide bonds. The highest BCUT2D eigenvalue weighted by Gasteiger charge is 2.23. The molecule has 1 aliphatic rings. The second kappa shape index (κ2) is 3.04. The van der Waals surface area contributed by atoms with Crippen LogP contribution in [0.3, 0.4) is 0 Å². The van der Waals surface area contributed by atoms with Crippen molar-refractivity contribution in [1.82, 2.24) is 0 Å². The van der Waals surface area contributed by atoms with Crippen molar-refractivity contribution in [3.05, 3.63) is 24.3 Å². The number of hydrogen-bond acceptors (Lipinski definition) is 4. The van der Waals surface area contributed by atoms with Crippen molar-refractivity contribution < 1.29 is 19.2 Å². The standard InChI is InChI=1S/C7H7BO4/c9-8-12-7-10-5-3-1-2-4-6(5)11-7/h1-4,7-9H. The summed E-state index contributed by atoms with van der Waals surface area (Å²) in [6, 6.07) is 7.22. The van der Waals surface area contributed by atoms with Crippen LogP contribution >= 0.6 is 0 Å². The maximum absolute atomic E-state index is 8.42. The molecule has 0 fully saturated rings. The molecule has 5 heteroatoms. The van der Waals surface area contributed by atoms with Crippen LogP contribution in [0.2, 0.25) is 0 Å². The largest absolute Gasteiger partial charge is 0.440 e. The van der Waals surface area contributed by atoms with Crippen molar-refractivity contribution in [2.75, 3.05) is 0 Å². The quantitative estimate of drug-likeness (QED) is 0.629. The minimum absolute atomic E-state index is 0.418. The molecule has 0 spiro atoms. The van der Waals surface area contributed by atoms with Crippen molar-refractivity contribution in [1.29, 1.82) is 0 Å². The van der Waals surface area contributed by atoms with Crippen molar-refractivity contribution in [3.63, 3.8) is 0 Å². The van der Waals surface area contributed by atoms with Gasteiger partial charge in [0.1, 0.15) is 0 Å². The molecule has 62 valence electrons. The van der Waals surface area contributed by atoms with Gasteiger partial charge in [0, 0.05) is 0 Å². The zero-order valence-electron chi connectivity index (χ0n) is 6.27. The fourth-order valence-corrected chi connectivity index (χ4v) is 1.01. The van der Waals surface area contributed by atoms with Crippen LogP contribution in [0, 0.1) is 0 Å². The first-order chi connectivity index (χ1) is 5.90. The molecule has 1 N–H and O–H groups in total. The first kappa shape index (κ1) is 7.45. The molecule has 1 aromatic rings. The number of para-hydroxylation sites is 2. The Bertz CT molecular complexity index is 253. The summed E-state index contributed by atoms with van der Waals surface area (Å²) in [5.74, 6) is 1.27. The van der Waals surface area contributed by atoms with Crippen LogP contribution in [0.1, 0.15) is 0 Å². The second-order valence-corrected chi connectivity index (χ2v) is 2.27.